The highest BCUT2D eigenvalue weighted by Crippen LogP contribution is 2.37. The third kappa shape index (κ3) is 5.18. The van der Waals surface area contributed by atoms with Gasteiger partial charge >= 0.3 is 0 Å². The zero-order chi connectivity index (χ0) is 20.8. The van der Waals surface area contributed by atoms with E-state index in [-0.39, 0.29) is 11.2 Å². The number of thiophene rings is 1. The Labute approximate surface area is 183 Å². The van der Waals surface area contributed by atoms with Crippen molar-refractivity contribution in [2.75, 3.05) is 26.3 Å². The van der Waals surface area contributed by atoms with Crippen LogP contribution >= 0.6 is 11.3 Å². The molecule has 0 aliphatic carbocycles. The number of rotatable bonds is 9. The molecule has 2 heterocycles. The Hall–Kier alpha value is -2.01. The van der Waals surface area contributed by atoms with Gasteiger partial charge in [-0.1, -0.05) is 42.5 Å². The third-order valence-electron chi connectivity index (χ3n) is 6.18. The molecule has 4 heteroatoms. The Morgan fingerprint density at radius 1 is 1.07 bits per heavy atom. The summed E-state index contributed by atoms with van der Waals surface area (Å²) in [4.78, 5) is 3.91. The Kier molecular flexibility index (Phi) is 6.98. The van der Waals surface area contributed by atoms with Gasteiger partial charge in [0.1, 0.15) is 5.82 Å². The largest absolute Gasteiger partial charge is 0.381 e. The summed E-state index contributed by atoms with van der Waals surface area (Å²) in [5, 5.41) is 2.14. The highest BCUT2D eigenvalue weighted by molar-refractivity contribution is 7.13. The summed E-state index contributed by atoms with van der Waals surface area (Å²) < 4.78 is 19.2. The lowest BCUT2D eigenvalue weighted by Crippen LogP contribution is -2.32. The van der Waals surface area contributed by atoms with Crippen molar-refractivity contribution in [1.82, 2.24) is 4.90 Å². The van der Waals surface area contributed by atoms with Crippen molar-refractivity contribution in [2.45, 2.75) is 32.7 Å². The second-order valence-corrected chi connectivity index (χ2v) is 9.31. The maximum atomic E-state index is 13.2. The van der Waals surface area contributed by atoms with Gasteiger partial charge in [-0.3, -0.25) is 4.90 Å². The Morgan fingerprint density at radius 2 is 1.90 bits per heavy atom. The first-order valence-electron chi connectivity index (χ1n) is 10.8. The SMILES string of the molecule is CCOC[C@]1(CCc2ccc(F)cc2)CCN(Cc2ccccc2-c2cccs2)C1. The van der Waals surface area contributed by atoms with Crippen molar-refractivity contribution in [1.29, 1.82) is 0 Å². The van der Waals surface area contributed by atoms with Crippen LogP contribution in [-0.4, -0.2) is 31.2 Å². The summed E-state index contributed by atoms with van der Waals surface area (Å²) in [5.41, 5.74) is 4.11. The van der Waals surface area contributed by atoms with E-state index in [1.165, 1.54) is 21.6 Å². The van der Waals surface area contributed by atoms with Crippen LogP contribution in [0.15, 0.2) is 66.0 Å². The predicted octanol–water partition coefficient (Wildman–Crippen LogP) is 6.42. The average molecular weight is 424 g/mol. The molecule has 2 nitrogen and oxygen atoms in total. The molecule has 158 valence electrons. The van der Waals surface area contributed by atoms with E-state index in [0.717, 1.165) is 52.1 Å². The number of benzene rings is 2. The molecular weight excluding hydrogens is 393 g/mol. The lowest BCUT2D eigenvalue weighted by molar-refractivity contribution is 0.0489. The number of hydrogen-bond donors (Lipinski definition) is 0. The number of ether oxygens (including phenoxy) is 1. The van der Waals surface area contributed by atoms with E-state index in [1.54, 1.807) is 23.5 Å². The fourth-order valence-electron chi connectivity index (χ4n) is 4.51. The van der Waals surface area contributed by atoms with Gasteiger partial charge in [0.2, 0.25) is 0 Å². The minimum absolute atomic E-state index is 0.167. The first-order valence-corrected chi connectivity index (χ1v) is 11.7. The molecule has 4 rings (SSSR count). The monoisotopic (exact) mass is 423 g/mol. The maximum Gasteiger partial charge on any atom is 0.123 e. The molecule has 0 spiro atoms. The van der Waals surface area contributed by atoms with E-state index in [0.29, 0.717) is 0 Å². The number of halogens is 1. The number of hydrogen-bond acceptors (Lipinski definition) is 3. The number of likely N-dealkylation sites (tertiary alicyclic amines) is 1. The van der Waals surface area contributed by atoms with Crippen LogP contribution in [0.3, 0.4) is 0 Å². The van der Waals surface area contributed by atoms with Crippen LogP contribution in [-0.2, 0) is 17.7 Å². The molecule has 1 fully saturated rings. The van der Waals surface area contributed by atoms with Crippen molar-refractivity contribution in [3.63, 3.8) is 0 Å². The van der Waals surface area contributed by atoms with Crippen LogP contribution in [0.25, 0.3) is 10.4 Å². The minimum Gasteiger partial charge on any atom is -0.381 e. The molecule has 1 aromatic heterocycles. The van der Waals surface area contributed by atoms with Gasteiger partial charge in [0.15, 0.2) is 0 Å². The van der Waals surface area contributed by atoms with Crippen molar-refractivity contribution in [2.24, 2.45) is 5.41 Å². The zero-order valence-electron chi connectivity index (χ0n) is 17.6. The fraction of sp³-hybridized carbons (Fsp3) is 0.385. The second-order valence-electron chi connectivity index (χ2n) is 8.36. The molecular formula is C26H30FNOS. The van der Waals surface area contributed by atoms with E-state index >= 15 is 0 Å². The van der Waals surface area contributed by atoms with Crippen LogP contribution < -0.4 is 0 Å². The molecule has 1 atom stereocenters. The molecule has 1 aliphatic rings. The van der Waals surface area contributed by atoms with Crippen LogP contribution in [0.4, 0.5) is 4.39 Å². The molecule has 0 bridgehead atoms. The van der Waals surface area contributed by atoms with Gasteiger partial charge in [0.05, 0.1) is 6.61 Å². The minimum atomic E-state index is -0.167. The summed E-state index contributed by atoms with van der Waals surface area (Å²) in [5.74, 6) is -0.167. The Morgan fingerprint density at radius 3 is 2.67 bits per heavy atom. The predicted molar refractivity (Wildman–Crippen MR) is 123 cm³/mol. The molecule has 1 aliphatic heterocycles. The molecule has 1 saturated heterocycles. The number of aryl methyl sites for hydroxylation is 1. The highest BCUT2D eigenvalue weighted by Gasteiger charge is 2.38. The van der Waals surface area contributed by atoms with Crippen LogP contribution in [0.5, 0.6) is 0 Å². The third-order valence-corrected chi connectivity index (χ3v) is 7.09. The van der Waals surface area contributed by atoms with Crippen molar-refractivity contribution < 1.29 is 9.13 Å². The van der Waals surface area contributed by atoms with Gasteiger partial charge in [-0.15, -0.1) is 11.3 Å². The van der Waals surface area contributed by atoms with Crippen LogP contribution in [0.1, 0.15) is 30.9 Å². The Bertz CT molecular complexity index is 924. The second kappa shape index (κ2) is 9.86. The zero-order valence-corrected chi connectivity index (χ0v) is 18.5. The summed E-state index contributed by atoms with van der Waals surface area (Å²) in [6, 6.07) is 20.0. The van der Waals surface area contributed by atoms with Crippen LogP contribution in [0, 0.1) is 11.2 Å². The highest BCUT2D eigenvalue weighted by atomic mass is 32.1. The molecule has 3 aromatic rings. The first-order chi connectivity index (χ1) is 14.7. The van der Waals surface area contributed by atoms with E-state index in [1.807, 2.05) is 12.1 Å². The maximum absolute atomic E-state index is 13.2. The van der Waals surface area contributed by atoms with E-state index < -0.39 is 0 Å². The fourth-order valence-corrected chi connectivity index (χ4v) is 5.29. The quantitative estimate of drug-likeness (QED) is 0.394. The van der Waals surface area contributed by atoms with Crippen molar-refractivity contribution in [3.8, 4) is 10.4 Å². The van der Waals surface area contributed by atoms with Gasteiger partial charge in [0, 0.05) is 30.0 Å². The molecule has 0 amide bonds. The Balaban J connectivity index is 1.45. The molecule has 2 aromatic carbocycles. The van der Waals surface area contributed by atoms with E-state index in [9.17, 15) is 4.39 Å². The van der Waals surface area contributed by atoms with E-state index in [4.69, 9.17) is 4.74 Å². The van der Waals surface area contributed by atoms with E-state index in [2.05, 4.69) is 53.6 Å². The standard InChI is InChI=1S/C26H30FNOS/c1-2-29-20-26(14-13-21-9-11-23(27)12-10-21)15-16-28(19-26)18-22-6-3-4-7-24(22)25-8-5-17-30-25/h3-12,17H,2,13-16,18-20H2,1H3/t26-/m1/s1. The molecule has 0 radical (unpaired) electrons. The summed E-state index contributed by atoms with van der Waals surface area (Å²) >= 11 is 1.80. The summed E-state index contributed by atoms with van der Waals surface area (Å²) in [6.45, 7) is 6.73. The molecule has 0 saturated carbocycles. The summed E-state index contributed by atoms with van der Waals surface area (Å²) in [6.07, 6.45) is 3.18. The summed E-state index contributed by atoms with van der Waals surface area (Å²) in [7, 11) is 0. The van der Waals surface area contributed by atoms with Gasteiger partial charge in [-0.2, -0.15) is 0 Å². The van der Waals surface area contributed by atoms with Gasteiger partial charge in [0.25, 0.3) is 0 Å². The van der Waals surface area contributed by atoms with Crippen molar-refractivity contribution >= 4 is 11.3 Å². The number of nitrogens with zero attached hydrogens (tertiary/aromatic N) is 1. The van der Waals surface area contributed by atoms with Crippen molar-refractivity contribution in [3.05, 3.63) is 83.0 Å². The molecule has 0 unspecified atom stereocenters. The van der Waals surface area contributed by atoms with Crippen LogP contribution in [0.2, 0.25) is 0 Å². The first kappa shape index (κ1) is 21.2. The molecule has 30 heavy (non-hydrogen) atoms. The normalized spacial score (nSPS) is 19.4. The topological polar surface area (TPSA) is 12.5 Å². The smallest absolute Gasteiger partial charge is 0.123 e. The molecule has 0 N–H and O–H groups in total. The van der Waals surface area contributed by atoms with Gasteiger partial charge < -0.3 is 4.74 Å². The lowest BCUT2D eigenvalue weighted by atomic mass is 9.82. The lowest BCUT2D eigenvalue weighted by Gasteiger charge is -2.29. The average Bonchev–Trinajstić information content (AvgIpc) is 3.43. The van der Waals surface area contributed by atoms with Gasteiger partial charge in [-0.25, -0.2) is 4.39 Å². The van der Waals surface area contributed by atoms with Gasteiger partial charge in [-0.05, 0) is 73.0 Å².